The molecule has 3 aromatic carbocycles. The number of nitrogens with zero attached hydrogens (tertiary/aromatic N) is 1. The van der Waals surface area contributed by atoms with Gasteiger partial charge in [0.1, 0.15) is 11.9 Å². The fourth-order valence-corrected chi connectivity index (χ4v) is 6.44. The Balaban J connectivity index is 1.58. The summed E-state index contributed by atoms with van der Waals surface area (Å²) >= 11 is 0. The number of carbonyl (C=O) groups excluding carboxylic acids is 1. The summed E-state index contributed by atoms with van der Waals surface area (Å²) in [5, 5.41) is 9.67. The van der Waals surface area contributed by atoms with Crippen LogP contribution in [-0.2, 0) is 10.2 Å². The lowest BCUT2D eigenvalue weighted by atomic mass is 9.66. The third kappa shape index (κ3) is 4.91. The Hall–Kier alpha value is -4.06. The second kappa shape index (κ2) is 11.0. The Morgan fingerprint density at radius 2 is 1.85 bits per heavy atom. The molecule has 0 amide bonds. The van der Waals surface area contributed by atoms with Crippen LogP contribution in [0.3, 0.4) is 0 Å². The first kappa shape index (κ1) is 26.5. The Morgan fingerprint density at radius 3 is 2.51 bits per heavy atom. The van der Waals surface area contributed by atoms with Crippen molar-refractivity contribution in [3.8, 4) is 5.75 Å². The minimum absolute atomic E-state index is 0.232. The number of anilines is 1. The molecule has 3 unspecified atom stereocenters. The van der Waals surface area contributed by atoms with E-state index in [9.17, 15) is 14.7 Å². The molecule has 2 aliphatic rings. The van der Waals surface area contributed by atoms with E-state index in [2.05, 4.69) is 48.2 Å². The van der Waals surface area contributed by atoms with Crippen molar-refractivity contribution in [1.29, 1.82) is 0 Å². The first-order valence-corrected chi connectivity index (χ1v) is 13.6. The second-order valence-corrected chi connectivity index (χ2v) is 10.5. The monoisotopic (exact) mass is 525 g/mol. The topological polar surface area (TPSA) is 76.1 Å². The van der Waals surface area contributed by atoms with Crippen LogP contribution < -0.4 is 9.64 Å². The van der Waals surface area contributed by atoms with Gasteiger partial charge in [-0.15, -0.1) is 0 Å². The predicted molar refractivity (Wildman–Crippen MR) is 152 cm³/mol. The molecule has 1 aliphatic carbocycles. The maximum Gasteiger partial charge on any atom is 0.337 e. The van der Waals surface area contributed by atoms with Crippen molar-refractivity contribution >= 4 is 17.6 Å². The number of fused-ring (bicyclic) bond motifs is 1. The van der Waals surface area contributed by atoms with Crippen LogP contribution in [0.25, 0.3) is 0 Å². The van der Waals surface area contributed by atoms with Crippen LogP contribution in [0.5, 0.6) is 5.75 Å². The third-order valence-electron chi connectivity index (χ3n) is 8.33. The number of rotatable bonds is 8. The van der Waals surface area contributed by atoms with Gasteiger partial charge in [0.05, 0.1) is 23.7 Å². The largest absolute Gasteiger partial charge is 0.489 e. The SMILES string of the molecule is CCC(Oc1cccc(C(=O)OC)c1)C1(C2=CCC(c3ccccc3)CC2)CN(C)c2cc(C(=O)O)ccc21. The summed E-state index contributed by atoms with van der Waals surface area (Å²) in [6.07, 6.45) is 5.81. The molecule has 0 radical (unpaired) electrons. The van der Waals surface area contributed by atoms with E-state index < -0.39 is 17.4 Å². The van der Waals surface area contributed by atoms with Gasteiger partial charge in [0, 0.05) is 19.3 Å². The van der Waals surface area contributed by atoms with Gasteiger partial charge >= 0.3 is 11.9 Å². The molecule has 5 rings (SSSR count). The van der Waals surface area contributed by atoms with Crippen molar-refractivity contribution < 1.29 is 24.2 Å². The Labute approximate surface area is 229 Å². The maximum atomic E-state index is 12.2. The summed E-state index contributed by atoms with van der Waals surface area (Å²) in [6.45, 7) is 2.80. The fourth-order valence-electron chi connectivity index (χ4n) is 6.44. The van der Waals surface area contributed by atoms with Gasteiger partial charge in [-0.3, -0.25) is 0 Å². The molecule has 3 atom stereocenters. The number of hydrogen-bond donors (Lipinski definition) is 1. The number of carbonyl (C=O) groups is 2. The zero-order chi connectivity index (χ0) is 27.6. The molecule has 39 heavy (non-hydrogen) atoms. The molecule has 1 heterocycles. The molecule has 0 saturated carbocycles. The average Bonchev–Trinajstić information content (AvgIpc) is 3.28. The summed E-state index contributed by atoms with van der Waals surface area (Å²) in [5.41, 5.74) is 4.97. The number of aromatic carboxylic acids is 1. The highest BCUT2D eigenvalue weighted by molar-refractivity contribution is 5.90. The molecule has 0 aromatic heterocycles. The smallest absolute Gasteiger partial charge is 0.337 e. The number of esters is 1. The van der Waals surface area contributed by atoms with Crippen molar-refractivity contribution in [3.05, 3.63) is 107 Å². The number of allylic oxidation sites excluding steroid dienone is 1. The Morgan fingerprint density at radius 1 is 1.05 bits per heavy atom. The molecule has 1 aliphatic heterocycles. The number of benzene rings is 3. The number of likely N-dealkylation sites (N-methyl/N-ethyl adjacent to an activating group) is 1. The molecular weight excluding hydrogens is 490 g/mol. The van der Waals surface area contributed by atoms with E-state index in [0.717, 1.165) is 36.9 Å². The van der Waals surface area contributed by atoms with Crippen LogP contribution in [0.4, 0.5) is 5.69 Å². The molecular formula is C33H35NO5. The predicted octanol–water partition coefficient (Wildman–Crippen LogP) is 6.61. The van der Waals surface area contributed by atoms with Crippen LogP contribution >= 0.6 is 0 Å². The van der Waals surface area contributed by atoms with Crippen molar-refractivity contribution in [2.24, 2.45) is 0 Å². The Kier molecular flexibility index (Phi) is 7.47. The quantitative estimate of drug-likeness (QED) is 0.263. The Bertz CT molecular complexity index is 1400. The van der Waals surface area contributed by atoms with Gasteiger partial charge in [0.15, 0.2) is 0 Å². The van der Waals surface area contributed by atoms with Crippen LogP contribution in [0, 0.1) is 0 Å². The molecule has 6 heteroatoms. The van der Waals surface area contributed by atoms with Gasteiger partial charge in [0.2, 0.25) is 0 Å². The van der Waals surface area contributed by atoms with E-state index >= 15 is 0 Å². The highest BCUT2D eigenvalue weighted by Gasteiger charge is 2.51. The lowest BCUT2D eigenvalue weighted by Crippen LogP contribution is -2.48. The molecule has 1 N–H and O–H groups in total. The number of methoxy groups -OCH3 is 1. The van der Waals surface area contributed by atoms with Crippen LogP contribution in [0.2, 0.25) is 0 Å². The standard InChI is InChI=1S/C33H35NO5/c1-4-30(39-27-12-8-11-25(19-27)32(37)38-3)33(21-34(2)29-20-24(31(35)36)15-18-28(29)33)26-16-13-23(14-17-26)22-9-6-5-7-10-22/h5-12,15-16,18-20,23,30H,4,13-14,17,21H2,1-3H3,(H,35,36). The van der Waals surface area contributed by atoms with Crippen LogP contribution in [0.1, 0.15) is 70.4 Å². The minimum atomic E-state index is -0.936. The van der Waals surface area contributed by atoms with E-state index in [0.29, 0.717) is 23.8 Å². The minimum Gasteiger partial charge on any atom is -0.489 e. The summed E-state index contributed by atoms with van der Waals surface area (Å²) in [7, 11) is 3.39. The van der Waals surface area contributed by atoms with Crippen LogP contribution in [0.15, 0.2) is 84.4 Å². The second-order valence-electron chi connectivity index (χ2n) is 10.5. The number of ether oxygens (including phenoxy) is 2. The first-order valence-electron chi connectivity index (χ1n) is 13.6. The van der Waals surface area contributed by atoms with Gasteiger partial charge in [-0.05, 0) is 73.1 Å². The summed E-state index contributed by atoms with van der Waals surface area (Å²) in [6, 6.07) is 23.2. The molecule has 0 spiro atoms. The van der Waals surface area contributed by atoms with Gasteiger partial charge in [-0.1, -0.05) is 61.0 Å². The highest BCUT2D eigenvalue weighted by Crippen LogP contribution is 2.52. The van der Waals surface area contributed by atoms with Gasteiger partial charge in [-0.2, -0.15) is 0 Å². The molecule has 3 aromatic rings. The third-order valence-corrected chi connectivity index (χ3v) is 8.33. The molecule has 0 bridgehead atoms. The number of hydrogen-bond acceptors (Lipinski definition) is 5. The fraction of sp³-hybridized carbons (Fsp3) is 0.333. The molecule has 202 valence electrons. The highest BCUT2D eigenvalue weighted by atomic mass is 16.5. The molecule has 0 fully saturated rings. The first-order chi connectivity index (χ1) is 18.9. The number of carboxylic acid groups (broad SMARTS) is 1. The van der Waals surface area contributed by atoms with Gasteiger partial charge < -0.3 is 19.5 Å². The van der Waals surface area contributed by atoms with Crippen molar-refractivity contribution in [3.63, 3.8) is 0 Å². The van der Waals surface area contributed by atoms with Crippen LogP contribution in [-0.4, -0.2) is 43.9 Å². The lowest BCUT2D eigenvalue weighted by Gasteiger charge is -2.42. The van der Waals surface area contributed by atoms with Gasteiger partial charge in [-0.25, -0.2) is 9.59 Å². The zero-order valence-corrected chi connectivity index (χ0v) is 22.7. The van der Waals surface area contributed by atoms with Gasteiger partial charge in [0.25, 0.3) is 0 Å². The van der Waals surface area contributed by atoms with E-state index in [4.69, 9.17) is 9.47 Å². The van der Waals surface area contributed by atoms with E-state index in [-0.39, 0.29) is 11.7 Å². The van der Waals surface area contributed by atoms with Crippen molar-refractivity contribution in [2.75, 3.05) is 25.6 Å². The normalized spacial score (nSPS) is 21.1. The van der Waals surface area contributed by atoms with Crippen molar-refractivity contribution in [1.82, 2.24) is 0 Å². The van der Waals surface area contributed by atoms with E-state index in [1.165, 1.54) is 18.2 Å². The zero-order valence-electron chi connectivity index (χ0n) is 22.7. The summed E-state index contributed by atoms with van der Waals surface area (Å²) in [5.74, 6) is -0.259. The molecule has 6 nitrogen and oxygen atoms in total. The van der Waals surface area contributed by atoms with E-state index in [1.807, 2.05) is 19.2 Å². The maximum absolute atomic E-state index is 12.2. The number of carboxylic acids is 1. The molecule has 0 saturated heterocycles. The lowest BCUT2D eigenvalue weighted by molar-refractivity contribution is 0.0598. The average molecular weight is 526 g/mol. The summed E-state index contributed by atoms with van der Waals surface area (Å²) < 4.78 is 11.7. The summed E-state index contributed by atoms with van der Waals surface area (Å²) in [4.78, 5) is 26.1. The van der Waals surface area contributed by atoms with Crippen molar-refractivity contribution in [2.45, 2.75) is 50.0 Å². The van der Waals surface area contributed by atoms with E-state index in [1.54, 1.807) is 30.3 Å².